The van der Waals surface area contributed by atoms with Crippen molar-refractivity contribution in [3.05, 3.63) is 0 Å². The molecule has 2 nitrogen and oxygen atoms in total. The van der Waals surface area contributed by atoms with Crippen LogP contribution in [0, 0.1) is 5.92 Å². The SMILES string of the molecule is CCCNC1CCCCCCC1N1CCC(CCC)CC1. The largest absolute Gasteiger partial charge is 0.312 e. The fraction of sp³-hybridized carbons (Fsp3) is 1.00. The molecule has 2 heteroatoms. The summed E-state index contributed by atoms with van der Waals surface area (Å²) in [4.78, 5) is 2.85. The Balaban J connectivity index is 1.89. The van der Waals surface area contributed by atoms with Gasteiger partial charge in [-0.25, -0.2) is 0 Å². The van der Waals surface area contributed by atoms with Gasteiger partial charge in [0, 0.05) is 12.1 Å². The van der Waals surface area contributed by atoms with Gasteiger partial charge in [-0.2, -0.15) is 0 Å². The van der Waals surface area contributed by atoms with Crippen molar-refractivity contribution in [2.24, 2.45) is 5.92 Å². The van der Waals surface area contributed by atoms with Gasteiger partial charge in [-0.1, -0.05) is 52.4 Å². The standard InChI is InChI=1S/C19H38N2/c1-3-9-17-12-15-21(16-13-17)19-11-8-6-5-7-10-18(19)20-14-4-2/h17-20H,3-16H2,1-2H3. The summed E-state index contributed by atoms with van der Waals surface area (Å²) >= 11 is 0. The van der Waals surface area contributed by atoms with Gasteiger partial charge in [0.1, 0.15) is 0 Å². The summed E-state index contributed by atoms with van der Waals surface area (Å²) in [5.74, 6) is 1.02. The smallest absolute Gasteiger partial charge is 0.0249 e. The van der Waals surface area contributed by atoms with Crippen LogP contribution in [-0.2, 0) is 0 Å². The third-order valence-electron chi connectivity index (χ3n) is 5.70. The van der Waals surface area contributed by atoms with Crippen molar-refractivity contribution in [3.63, 3.8) is 0 Å². The zero-order chi connectivity index (χ0) is 14.9. The van der Waals surface area contributed by atoms with Gasteiger partial charge in [0.25, 0.3) is 0 Å². The van der Waals surface area contributed by atoms with Crippen LogP contribution in [0.4, 0.5) is 0 Å². The first-order chi connectivity index (χ1) is 10.3. The van der Waals surface area contributed by atoms with Gasteiger partial charge in [0.2, 0.25) is 0 Å². The van der Waals surface area contributed by atoms with Crippen LogP contribution in [0.5, 0.6) is 0 Å². The fourth-order valence-corrected chi connectivity index (χ4v) is 4.45. The van der Waals surface area contributed by atoms with Crippen LogP contribution in [0.1, 0.15) is 84.5 Å². The lowest BCUT2D eigenvalue weighted by molar-refractivity contribution is 0.0889. The predicted molar refractivity (Wildman–Crippen MR) is 92.8 cm³/mol. The summed E-state index contributed by atoms with van der Waals surface area (Å²) in [7, 11) is 0. The Morgan fingerprint density at radius 3 is 2.24 bits per heavy atom. The highest BCUT2D eigenvalue weighted by Crippen LogP contribution is 2.28. The Bertz CT molecular complexity index is 256. The van der Waals surface area contributed by atoms with Gasteiger partial charge in [0.15, 0.2) is 0 Å². The molecule has 0 bridgehead atoms. The van der Waals surface area contributed by atoms with Gasteiger partial charge < -0.3 is 5.32 Å². The zero-order valence-electron chi connectivity index (χ0n) is 14.6. The maximum atomic E-state index is 3.88. The van der Waals surface area contributed by atoms with Crippen molar-refractivity contribution in [1.82, 2.24) is 10.2 Å². The molecule has 2 atom stereocenters. The van der Waals surface area contributed by atoms with Crippen molar-refractivity contribution in [2.45, 2.75) is 96.6 Å². The van der Waals surface area contributed by atoms with Crippen LogP contribution in [0.3, 0.4) is 0 Å². The van der Waals surface area contributed by atoms with E-state index in [0.29, 0.717) is 0 Å². The number of piperidine rings is 1. The van der Waals surface area contributed by atoms with Gasteiger partial charge >= 0.3 is 0 Å². The van der Waals surface area contributed by atoms with E-state index in [1.165, 1.54) is 90.3 Å². The van der Waals surface area contributed by atoms with Crippen molar-refractivity contribution in [3.8, 4) is 0 Å². The van der Waals surface area contributed by atoms with Crippen LogP contribution in [0.15, 0.2) is 0 Å². The van der Waals surface area contributed by atoms with Gasteiger partial charge in [-0.15, -0.1) is 0 Å². The molecule has 2 aliphatic rings. The molecule has 2 unspecified atom stereocenters. The minimum Gasteiger partial charge on any atom is -0.312 e. The first kappa shape index (κ1) is 17.3. The van der Waals surface area contributed by atoms with Crippen LogP contribution in [0.25, 0.3) is 0 Å². The van der Waals surface area contributed by atoms with E-state index in [0.717, 1.165) is 18.0 Å². The topological polar surface area (TPSA) is 15.3 Å². The third-order valence-corrected chi connectivity index (χ3v) is 5.70. The molecule has 1 heterocycles. The number of rotatable bonds is 6. The fourth-order valence-electron chi connectivity index (χ4n) is 4.45. The maximum Gasteiger partial charge on any atom is 0.0249 e. The van der Waals surface area contributed by atoms with Crippen molar-refractivity contribution in [1.29, 1.82) is 0 Å². The van der Waals surface area contributed by atoms with Crippen LogP contribution < -0.4 is 5.32 Å². The summed E-state index contributed by atoms with van der Waals surface area (Å²) in [5.41, 5.74) is 0. The number of hydrogen-bond donors (Lipinski definition) is 1. The Hall–Kier alpha value is -0.0800. The summed E-state index contributed by atoms with van der Waals surface area (Å²) in [5, 5.41) is 3.88. The van der Waals surface area contributed by atoms with E-state index < -0.39 is 0 Å². The molecule has 2 rings (SSSR count). The Morgan fingerprint density at radius 2 is 1.57 bits per heavy atom. The second-order valence-electron chi connectivity index (χ2n) is 7.39. The normalized spacial score (nSPS) is 30.0. The molecule has 0 radical (unpaired) electrons. The lowest BCUT2D eigenvalue weighted by Crippen LogP contribution is -2.53. The number of nitrogens with one attached hydrogen (secondary N) is 1. The predicted octanol–water partition coefficient (Wildman–Crippen LogP) is 4.59. The number of nitrogens with zero attached hydrogens (tertiary/aromatic N) is 1. The Labute approximate surface area is 133 Å². The summed E-state index contributed by atoms with van der Waals surface area (Å²) in [6, 6.07) is 1.58. The highest BCUT2D eigenvalue weighted by atomic mass is 15.2. The third kappa shape index (κ3) is 5.56. The monoisotopic (exact) mass is 294 g/mol. The molecule has 0 aromatic rings. The van der Waals surface area contributed by atoms with E-state index in [-0.39, 0.29) is 0 Å². The van der Waals surface area contributed by atoms with E-state index in [4.69, 9.17) is 0 Å². The minimum atomic E-state index is 0.757. The van der Waals surface area contributed by atoms with E-state index in [2.05, 4.69) is 24.1 Å². The maximum absolute atomic E-state index is 3.88. The molecule has 1 aliphatic carbocycles. The Morgan fingerprint density at radius 1 is 0.857 bits per heavy atom. The second kappa shape index (κ2) is 9.84. The molecule has 1 N–H and O–H groups in total. The van der Waals surface area contributed by atoms with Gasteiger partial charge in [0.05, 0.1) is 0 Å². The summed E-state index contributed by atoms with van der Waals surface area (Å²) in [6.07, 6.45) is 15.6. The van der Waals surface area contributed by atoms with Crippen LogP contribution >= 0.6 is 0 Å². The van der Waals surface area contributed by atoms with Crippen LogP contribution in [-0.4, -0.2) is 36.6 Å². The van der Waals surface area contributed by atoms with E-state index in [9.17, 15) is 0 Å². The molecule has 124 valence electrons. The second-order valence-corrected chi connectivity index (χ2v) is 7.39. The van der Waals surface area contributed by atoms with Gasteiger partial charge in [-0.05, 0) is 57.7 Å². The highest BCUT2D eigenvalue weighted by Gasteiger charge is 2.30. The lowest BCUT2D eigenvalue weighted by atomic mass is 9.87. The number of hydrogen-bond acceptors (Lipinski definition) is 2. The van der Waals surface area contributed by atoms with Crippen molar-refractivity contribution in [2.75, 3.05) is 19.6 Å². The average molecular weight is 295 g/mol. The van der Waals surface area contributed by atoms with E-state index in [1.54, 1.807) is 0 Å². The molecule has 0 spiro atoms. The molecule has 0 aromatic heterocycles. The zero-order valence-corrected chi connectivity index (χ0v) is 14.6. The molecule has 0 aromatic carbocycles. The molecule has 2 fully saturated rings. The average Bonchev–Trinajstić information content (AvgIpc) is 2.48. The molecule has 0 amide bonds. The molecule has 21 heavy (non-hydrogen) atoms. The molecule has 1 aliphatic heterocycles. The molecular formula is C19H38N2. The molecule has 1 saturated carbocycles. The number of likely N-dealkylation sites (tertiary alicyclic amines) is 1. The van der Waals surface area contributed by atoms with Crippen molar-refractivity contribution < 1.29 is 0 Å². The summed E-state index contributed by atoms with van der Waals surface area (Å²) < 4.78 is 0. The van der Waals surface area contributed by atoms with E-state index >= 15 is 0 Å². The first-order valence-corrected chi connectivity index (χ1v) is 9.82. The lowest BCUT2D eigenvalue weighted by Gasteiger charge is -2.42. The van der Waals surface area contributed by atoms with E-state index in [1.807, 2.05) is 0 Å². The van der Waals surface area contributed by atoms with Crippen LogP contribution in [0.2, 0.25) is 0 Å². The first-order valence-electron chi connectivity index (χ1n) is 9.82. The van der Waals surface area contributed by atoms with Gasteiger partial charge in [-0.3, -0.25) is 4.90 Å². The quantitative estimate of drug-likeness (QED) is 0.771. The molecule has 1 saturated heterocycles. The molecular weight excluding hydrogens is 256 g/mol. The highest BCUT2D eigenvalue weighted by molar-refractivity contribution is 4.88. The Kier molecular flexibility index (Phi) is 8.10. The summed E-state index contributed by atoms with van der Waals surface area (Å²) in [6.45, 7) is 8.56. The minimum absolute atomic E-state index is 0.757. The van der Waals surface area contributed by atoms with Crippen molar-refractivity contribution >= 4 is 0 Å².